The number of anilines is 1. The van der Waals surface area contributed by atoms with Crippen molar-refractivity contribution in [2.75, 3.05) is 11.9 Å². The van der Waals surface area contributed by atoms with Crippen LogP contribution < -0.4 is 5.32 Å². The summed E-state index contributed by atoms with van der Waals surface area (Å²) in [7, 11) is 0. The Morgan fingerprint density at radius 1 is 1.22 bits per heavy atom. The number of nitrogens with one attached hydrogen (secondary N) is 1. The fraction of sp³-hybridized carbons (Fsp3) is 0.417. The largest absolute Gasteiger partial charge is 0.388 e. The highest BCUT2D eigenvalue weighted by molar-refractivity contribution is 5.57. The van der Waals surface area contributed by atoms with Crippen LogP contribution in [-0.2, 0) is 4.74 Å². The summed E-state index contributed by atoms with van der Waals surface area (Å²) >= 11 is 0. The van der Waals surface area contributed by atoms with E-state index in [0.29, 0.717) is 11.3 Å². The Hall–Kier alpha value is -1.65. The molecule has 0 spiro atoms. The van der Waals surface area contributed by atoms with E-state index in [-0.39, 0.29) is 6.61 Å². The van der Waals surface area contributed by atoms with Crippen LogP contribution in [-0.4, -0.2) is 46.5 Å². The van der Waals surface area contributed by atoms with E-state index in [2.05, 4.69) is 5.32 Å². The van der Waals surface area contributed by atoms with Gasteiger partial charge in [0.15, 0.2) is 6.23 Å². The molecule has 96 valence electrons. The molecule has 6 heteroatoms. The highest BCUT2D eigenvalue weighted by atomic mass is 16.5. The molecule has 0 saturated carbocycles. The molecule has 1 fully saturated rings. The number of aliphatic hydroxyl groups excluding tert-OH is 3. The fourth-order valence-electron chi connectivity index (χ4n) is 1.79. The van der Waals surface area contributed by atoms with Crippen LogP contribution >= 0.6 is 0 Å². The fourth-order valence-corrected chi connectivity index (χ4v) is 1.79. The first-order valence-electron chi connectivity index (χ1n) is 5.55. The second-order valence-electron chi connectivity index (χ2n) is 4.10. The minimum absolute atomic E-state index is 0.0788. The number of rotatable bonds is 2. The molecular formula is C12H14N2O4. The molecule has 4 atom stereocenters. The van der Waals surface area contributed by atoms with Gasteiger partial charge in [0.1, 0.15) is 24.4 Å². The first-order valence-corrected chi connectivity index (χ1v) is 5.55. The lowest BCUT2D eigenvalue weighted by atomic mass is 10.0. The van der Waals surface area contributed by atoms with Crippen molar-refractivity contribution in [3.05, 3.63) is 29.8 Å². The Kier molecular flexibility index (Phi) is 3.79. The number of nitrogens with zero attached hydrogens (tertiary/aromatic N) is 1. The highest BCUT2D eigenvalue weighted by Gasteiger charge is 2.37. The lowest BCUT2D eigenvalue weighted by Crippen LogP contribution is -2.55. The number of hydrogen-bond donors (Lipinski definition) is 4. The predicted octanol–water partition coefficient (Wildman–Crippen LogP) is -0.591. The van der Waals surface area contributed by atoms with Gasteiger partial charge < -0.3 is 25.4 Å². The zero-order valence-electron chi connectivity index (χ0n) is 9.52. The van der Waals surface area contributed by atoms with Crippen LogP contribution in [0.2, 0.25) is 0 Å². The molecule has 0 bridgehead atoms. The van der Waals surface area contributed by atoms with Crippen molar-refractivity contribution in [3.8, 4) is 6.07 Å². The first-order chi connectivity index (χ1) is 8.63. The van der Waals surface area contributed by atoms with Gasteiger partial charge >= 0.3 is 0 Å². The molecule has 18 heavy (non-hydrogen) atoms. The number of para-hydroxylation sites is 1. The van der Waals surface area contributed by atoms with Crippen molar-refractivity contribution < 1.29 is 20.1 Å². The van der Waals surface area contributed by atoms with E-state index < -0.39 is 24.5 Å². The van der Waals surface area contributed by atoms with Gasteiger partial charge in [-0.05, 0) is 12.1 Å². The zero-order valence-corrected chi connectivity index (χ0v) is 9.52. The number of nitriles is 1. The van der Waals surface area contributed by atoms with E-state index in [1.54, 1.807) is 24.3 Å². The maximum absolute atomic E-state index is 9.75. The van der Waals surface area contributed by atoms with Crippen molar-refractivity contribution in [1.82, 2.24) is 0 Å². The van der Waals surface area contributed by atoms with Crippen LogP contribution in [0.3, 0.4) is 0 Å². The van der Waals surface area contributed by atoms with E-state index >= 15 is 0 Å². The maximum atomic E-state index is 9.75. The zero-order chi connectivity index (χ0) is 13.1. The molecule has 0 amide bonds. The Bertz CT molecular complexity index is 460. The lowest BCUT2D eigenvalue weighted by Gasteiger charge is -2.36. The summed E-state index contributed by atoms with van der Waals surface area (Å²) in [6.07, 6.45) is -4.51. The van der Waals surface area contributed by atoms with Gasteiger partial charge in [-0.1, -0.05) is 12.1 Å². The highest BCUT2D eigenvalue weighted by Crippen LogP contribution is 2.20. The van der Waals surface area contributed by atoms with Crippen molar-refractivity contribution in [2.24, 2.45) is 0 Å². The summed E-state index contributed by atoms with van der Waals surface area (Å²) < 4.78 is 5.20. The quantitative estimate of drug-likeness (QED) is 0.559. The molecular weight excluding hydrogens is 236 g/mol. The molecule has 1 aliphatic rings. The molecule has 6 nitrogen and oxygen atoms in total. The molecule has 4 N–H and O–H groups in total. The summed E-state index contributed by atoms with van der Waals surface area (Å²) in [6, 6.07) is 8.77. The Balaban J connectivity index is 2.12. The van der Waals surface area contributed by atoms with Crippen molar-refractivity contribution in [2.45, 2.75) is 24.5 Å². The third kappa shape index (κ3) is 2.44. The second kappa shape index (κ2) is 5.33. The summed E-state index contributed by atoms with van der Waals surface area (Å²) in [5.74, 6) is 0. The van der Waals surface area contributed by atoms with Crippen LogP contribution in [0.25, 0.3) is 0 Å². The summed E-state index contributed by atoms with van der Waals surface area (Å²) in [6.45, 7) is -0.0788. The van der Waals surface area contributed by atoms with Gasteiger partial charge in [0.25, 0.3) is 0 Å². The van der Waals surface area contributed by atoms with Crippen LogP contribution in [0.4, 0.5) is 5.69 Å². The smallest absolute Gasteiger partial charge is 0.156 e. The summed E-state index contributed by atoms with van der Waals surface area (Å²) in [4.78, 5) is 0. The van der Waals surface area contributed by atoms with E-state index in [1.807, 2.05) is 6.07 Å². The standard InChI is InChI=1S/C12H14N2O4/c13-5-7-3-1-2-4-8(7)14-12-11(17)10(16)9(15)6-18-12/h1-4,9-12,14-17H,6H2/t9-,10-,11+,12-/m1/s1. The number of benzene rings is 1. The Morgan fingerprint density at radius 3 is 2.67 bits per heavy atom. The van der Waals surface area contributed by atoms with E-state index in [0.717, 1.165) is 0 Å². The molecule has 1 heterocycles. The molecule has 0 unspecified atom stereocenters. The van der Waals surface area contributed by atoms with Crippen molar-refractivity contribution in [3.63, 3.8) is 0 Å². The number of hydrogen-bond acceptors (Lipinski definition) is 6. The van der Waals surface area contributed by atoms with Gasteiger partial charge in [-0.3, -0.25) is 0 Å². The number of ether oxygens (including phenoxy) is 1. The lowest BCUT2D eigenvalue weighted by molar-refractivity contribution is -0.178. The van der Waals surface area contributed by atoms with Crippen LogP contribution in [0, 0.1) is 11.3 Å². The predicted molar refractivity (Wildman–Crippen MR) is 62.5 cm³/mol. The Labute approximate surface area is 104 Å². The average Bonchev–Trinajstić information content (AvgIpc) is 2.40. The minimum atomic E-state index is -1.27. The second-order valence-corrected chi connectivity index (χ2v) is 4.10. The van der Waals surface area contributed by atoms with Crippen LogP contribution in [0.15, 0.2) is 24.3 Å². The van der Waals surface area contributed by atoms with Crippen molar-refractivity contribution >= 4 is 5.69 Å². The molecule has 1 aromatic carbocycles. The van der Waals surface area contributed by atoms with Gasteiger partial charge in [0.2, 0.25) is 0 Å². The molecule has 0 radical (unpaired) electrons. The monoisotopic (exact) mass is 250 g/mol. The van der Waals surface area contributed by atoms with E-state index in [4.69, 9.17) is 10.00 Å². The van der Waals surface area contributed by atoms with Gasteiger partial charge in [-0.2, -0.15) is 5.26 Å². The SMILES string of the molecule is N#Cc1ccccc1N[C@@H]1OC[C@@H](O)[C@@H](O)[C@@H]1O. The van der Waals surface area contributed by atoms with Crippen molar-refractivity contribution in [1.29, 1.82) is 5.26 Å². The van der Waals surface area contributed by atoms with Gasteiger partial charge in [0.05, 0.1) is 17.9 Å². The summed E-state index contributed by atoms with van der Waals surface area (Å²) in [5, 5.41) is 40.4. The maximum Gasteiger partial charge on any atom is 0.156 e. The molecule has 0 aliphatic carbocycles. The summed E-state index contributed by atoms with van der Waals surface area (Å²) in [5.41, 5.74) is 0.918. The van der Waals surface area contributed by atoms with Gasteiger partial charge in [0, 0.05) is 0 Å². The third-order valence-electron chi connectivity index (χ3n) is 2.85. The molecule has 0 aromatic heterocycles. The van der Waals surface area contributed by atoms with Crippen LogP contribution in [0.5, 0.6) is 0 Å². The van der Waals surface area contributed by atoms with Gasteiger partial charge in [-0.15, -0.1) is 0 Å². The minimum Gasteiger partial charge on any atom is -0.388 e. The average molecular weight is 250 g/mol. The molecule has 1 saturated heterocycles. The number of aliphatic hydroxyl groups is 3. The van der Waals surface area contributed by atoms with E-state index in [9.17, 15) is 15.3 Å². The normalized spacial score (nSPS) is 31.7. The third-order valence-corrected chi connectivity index (χ3v) is 2.85. The first kappa shape index (κ1) is 12.8. The molecule has 1 aromatic rings. The van der Waals surface area contributed by atoms with Gasteiger partial charge in [-0.25, -0.2) is 0 Å². The van der Waals surface area contributed by atoms with E-state index in [1.165, 1.54) is 0 Å². The molecule has 1 aliphatic heterocycles. The Morgan fingerprint density at radius 2 is 1.94 bits per heavy atom. The van der Waals surface area contributed by atoms with Crippen LogP contribution in [0.1, 0.15) is 5.56 Å². The topological polar surface area (TPSA) is 106 Å². The molecule has 2 rings (SSSR count).